The van der Waals surface area contributed by atoms with Crippen molar-refractivity contribution in [2.24, 2.45) is 12.8 Å². The van der Waals surface area contributed by atoms with Gasteiger partial charge in [0, 0.05) is 35.6 Å². The minimum absolute atomic E-state index is 0.0475. The van der Waals surface area contributed by atoms with Gasteiger partial charge in [-0.25, -0.2) is 9.18 Å². The Hall–Kier alpha value is -4.40. The monoisotopic (exact) mass is 475 g/mol. The Morgan fingerprint density at radius 2 is 1.83 bits per heavy atom. The third kappa shape index (κ3) is 2.94. The van der Waals surface area contributed by atoms with E-state index in [4.69, 9.17) is 15.2 Å². The Balaban J connectivity index is 1.88. The first-order chi connectivity index (χ1) is 16.7. The van der Waals surface area contributed by atoms with Gasteiger partial charge in [-0.05, 0) is 19.1 Å². The number of carbonyl (C=O) groups is 2. The second kappa shape index (κ2) is 7.83. The van der Waals surface area contributed by atoms with E-state index in [1.54, 1.807) is 62.5 Å². The lowest BCUT2D eigenvalue weighted by Crippen LogP contribution is -2.51. The Morgan fingerprint density at radius 1 is 1.14 bits per heavy atom. The molecule has 3 aromatic rings. The molecule has 1 spiro atoms. The van der Waals surface area contributed by atoms with E-state index in [2.05, 4.69) is 0 Å². The number of aryl methyl sites for hydroxylation is 1. The summed E-state index contributed by atoms with van der Waals surface area (Å²) in [6, 6.07) is 14.4. The molecule has 0 bridgehead atoms. The van der Waals surface area contributed by atoms with E-state index in [-0.39, 0.29) is 34.9 Å². The van der Waals surface area contributed by atoms with Crippen molar-refractivity contribution in [3.8, 4) is 5.75 Å². The van der Waals surface area contributed by atoms with Crippen molar-refractivity contribution < 1.29 is 23.5 Å². The molecule has 0 aliphatic carbocycles. The van der Waals surface area contributed by atoms with Crippen LogP contribution in [0.25, 0.3) is 0 Å². The van der Waals surface area contributed by atoms with Gasteiger partial charge in [-0.3, -0.25) is 9.59 Å². The van der Waals surface area contributed by atoms with Gasteiger partial charge in [0.2, 0.25) is 11.8 Å². The molecule has 3 heterocycles. The largest absolute Gasteiger partial charge is 0.465 e. The van der Waals surface area contributed by atoms with E-state index in [1.807, 2.05) is 0 Å². The zero-order valence-electron chi connectivity index (χ0n) is 19.3. The number of esters is 1. The molecule has 0 fully saturated rings. The highest BCUT2D eigenvalue weighted by Gasteiger charge is 2.62. The van der Waals surface area contributed by atoms with Gasteiger partial charge in [0.15, 0.2) is 0 Å². The van der Waals surface area contributed by atoms with Crippen LogP contribution in [-0.4, -0.2) is 23.6 Å². The van der Waals surface area contributed by atoms with Crippen LogP contribution in [0.4, 0.5) is 10.1 Å². The van der Waals surface area contributed by atoms with Gasteiger partial charge >= 0.3 is 5.97 Å². The predicted octanol–water partition coefficient (Wildman–Crippen LogP) is 2.40. The molecule has 5 rings (SSSR count). The smallest absolute Gasteiger partial charge is 0.340 e. The molecule has 9 heteroatoms. The van der Waals surface area contributed by atoms with E-state index in [0.717, 1.165) is 7.11 Å². The number of hydrogen-bond donors (Lipinski definition) is 1. The minimum atomic E-state index is -1.94. The number of fused-ring (bicyclic) bond motifs is 4. The molecule has 35 heavy (non-hydrogen) atoms. The molecule has 1 aromatic heterocycles. The molecule has 2 aliphatic rings. The maximum absolute atomic E-state index is 14.6. The number of ether oxygens (including phenoxy) is 2. The van der Waals surface area contributed by atoms with Crippen LogP contribution in [0.3, 0.4) is 0 Å². The maximum atomic E-state index is 14.6. The predicted molar refractivity (Wildman–Crippen MR) is 125 cm³/mol. The first-order valence-electron chi connectivity index (χ1n) is 10.9. The van der Waals surface area contributed by atoms with Gasteiger partial charge in [0.25, 0.3) is 5.56 Å². The van der Waals surface area contributed by atoms with Crippen LogP contribution in [-0.2, 0) is 33.3 Å². The van der Waals surface area contributed by atoms with E-state index in [0.29, 0.717) is 16.9 Å². The van der Waals surface area contributed by atoms with Crippen molar-refractivity contribution in [3.05, 3.63) is 105 Å². The number of halogens is 1. The van der Waals surface area contributed by atoms with Crippen molar-refractivity contribution in [2.45, 2.75) is 18.9 Å². The number of pyridine rings is 1. The Morgan fingerprint density at radius 3 is 2.54 bits per heavy atom. The number of nitrogens with zero attached hydrogens (tertiary/aromatic N) is 2. The van der Waals surface area contributed by atoms with Crippen molar-refractivity contribution in [3.63, 3.8) is 0 Å². The summed E-state index contributed by atoms with van der Waals surface area (Å²) in [4.78, 5) is 42.6. The van der Waals surface area contributed by atoms with Crippen LogP contribution < -0.4 is 20.9 Å². The normalized spacial score (nSPS) is 18.4. The van der Waals surface area contributed by atoms with Crippen LogP contribution >= 0.6 is 0 Å². The highest BCUT2D eigenvalue weighted by atomic mass is 19.1. The zero-order valence-corrected chi connectivity index (χ0v) is 19.3. The van der Waals surface area contributed by atoms with Crippen LogP contribution in [0, 0.1) is 12.7 Å². The fraction of sp³-hybridized carbons (Fsp3) is 0.192. The number of amides is 1. The summed E-state index contributed by atoms with van der Waals surface area (Å²) in [7, 11) is 2.72. The number of benzene rings is 2. The fourth-order valence-corrected chi connectivity index (χ4v) is 4.94. The summed E-state index contributed by atoms with van der Waals surface area (Å²) >= 11 is 0. The molecule has 2 aromatic carbocycles. The van der Waals surface area contributed by atoms with E-state index >= 15 is 0 Å². The number of rotatable bonds is 3. The molecular weight excluding hydrogens is 453 g/mol. The average Bonchev–Trinajstić information content (AvgIpc) is 3.07. The fourth-order valence-electron chi connectivity index (χ4n) is 4.94. The lowest BCUT2D eigenvalue weighted by Gasteiger charge is -2.35. The van der Waals surface area contributed by atoms with E-state index in [9.17, 15) is 18.8 Å². The number of aromatic nitrogens is 1. The zero-order chi connectivity index (χ0) is 25.1. The molecule has 1 amide bonds. The van der Waals surface area contributed by atoms with Crippen LogP contribution in [0.2, 0.25) is 0 Å². The summed E-state index contributed by atoms with van der Waals surface area (Å²) < 4.78 is 26.7. The topological polar surface area (TPSA) is 104 Å². The molecule has 0 saturated heterocycles. The highest BCUT2D eigenvalue weighted by Crippen LogP contribution is 2.54. The standard InChI is InChI=1S/C26H22FN3O5/c1-14-12-19-20(23(31)29(14)2)26(21(22(28)35-19)24(32)34-3)16-9-5-7-11-18(16)30(25(26)33)13-15-8-4-6-10-17(15)27/h4-12H,13,28H2,1-3H3. The van der Waals surface area contributed by atoms with Crippen molar-refractivity contribution >= 4 is 17.6 Å². The molecule has 2 aliphatic heterocycles. The second-order valence-corrected chi connectivity index (χ2v) is 8.47. The summed E-state index contributed by atoms with van der Waals surface area (Å²) in [6.45, 7) is 1.59. The molecule has 0 radical (unpaired) electrons. The van der Waals surface area contributed by atoms with E-state index in [1.165, 1.54) is 15.5 Å². The lowest BCUT2D eigenvalue weighted by atomic mass is 9.68. The maximum Gasteiger partial charge on any atom is 0.340 e. The summed E-state index contributed by atoms with van der Waals surface area (Å²) in [5, 5.41) is 0. The third-order valence-electron chi connectivity index (χ3n) is 6.69. The highest BCUT2D eigenvalue weighted by molar-refractivity contribution is 6.18. The second-order valence-electron chi connectivity index (χ2n) is 8.47. The molecule has 0 saturated carbocycles. The number of methoxy groups -OCH3 is 1. The lowest BCUT2D eigenvalue weighted by molar-refractivity contribution is -0.138. The SMILES string of the molecule is COC(=O)C1=C(N)Oc2cc(C)n(C)c(=O)c2C12C(=O)N(Cc1ccccc1F)c1ccccc12. The summed E-state index contributed by atoms with van der Waals surface area (Å²) in [5.41, 5.74) is 5.05. The number of nitrogens with two attached hydrogens (primary N) is 1. The molecule has 2 N–H and O–H groups in total. The Kier molecular flexibility index (Phi) is 5.01. The summed E-state index contributed by atoms with van der Waals surface area (Å²) in [5.74, 6) is -2.29. The number of para-hydroxylation sites is 1. The van der Waals surface area contributed by atoms with Gasteiger partial charge < -0.3 is 24.7 Å². The number of hydrogen-bond acceptors (Lipinski definition) is 6. The van der Waals surface area contributed by atoms with Crippen LogP contribution in [0.5, 0.6) is 5.75 Å². The molecule has 8 nitrogen and oxygen atoms in total. The van der Waals surface area contributed by atoms with Gasteiger partial charge in [-0.15, -0.1) is 0 Å². The first-order valence-corrected chi connectivity index (χ1v) is 10.9. The molecule has 1 unspecified atom stereocenters. The molecular formula is C26H22FN3O5. The minimum Gasteiger partial charge on any atom is -0.465 e. The Bertz CT molecular complexity index is 1510. The van der Waals surface area contributed by atoms with Crippen molar-refractivity contribution in [1.29, 1.82) is 0 Å². The molecule has 178 valence electrons. The quantitative estimate of drug-likeness (QED) is 0.584. The van der Waals surface area contributed by atoms with Gasteiger partial charge in [0.1, 0.15) is 22.6 Å². The Labute approximate surface area is 200 Å². The molecule has 1 atom stereocenters. The van der Waals surface area contributed by atoms with Gasteiger partial charge in [-0.2, -0.15) is 0 Å². The van der Waals surface area contributed by atoms with E-state index < -0.39 is 28.7 Å². The van der Waals surface area contributed by atoms with Gasteiger partial charge in [-0.1, -0.05) is 36.4 Å². The number of anilines is 1. The van der Waals surface area contributed by atoms with Crippen LogP contribution in [0.15, 0.2) is 70.8 Å². The average molecular weight is 475 g/mol. The third-order valence-corrected chi connectivity index (χ3v) is 6.69. The number of carbonyl (C=O) groups excluding carboxylic acids is 2. The van der Waals surface area contributed by atoms with Crippen molar-refractivity contribution in [2.75, 3.05) is 12.0 Å². The van der Waals surface area contributed by atoms with Gasteiger partial charge in [0.05, 0.1) is 19.2 Å². The summed E-state index contributed by atoms with van der Waals surface area (Å²) in [6.07, 6.45) is 0. The van der Waals surface area contributed by atoms with Crippen LogP contribution in [0.1, 0.15) is 22.4 Å². The van der Waals surface area contributed by atoms with Crippen molar-refractivity contribution in [1.82, 2.24) is 4.57 Å². The first kappa shape index (κ1) is 22.4.